The number of carboxylic acid groups (broad SMARTS) is 1. The third-order valence-corrected chi connectivity index (χ3v) is 3.66. The second kappa shape index (κ2) is 9.41. The molecule has 0 aliphatic heterocycles. The molecule has 25 heavy (non-hydrogen) atoms. The number of amides is 3. The van der Waals surface area contributed by atoms with E-state index in [1.54, 1.807) is 31.2 Å². The molecule has 1 atom stereocenters. The number of carboxylic acids is 1. The van der Waals surface area contributed by atoms with Gasteiger partial charge in [-0.25, -0.2) is 4.79 Å². The quantitative estimate of drug-likeness (QED) is 0.618. The van der Waals surface area contributed by atoms with Crippen molar-refractivity contribution in [2.24, 2.45) is 0 Å². The van der Waals surface area contributed by atoms with Gasteiger partial charge in [-0.05, 0) is 25.5 Å². The summed E-state index contributed by atoms with van der Waals surface area (Å²) in [6, 6.07) is 5.87. The van der Waals surface area contributed by atoms with Crippen molar-refractivity contribution in [3.05, 3.63) is 35.4 Å². The lowest BCUT2D eigenvalue weighted by molar-refractivity contribution is -0.149. The Labute approximate surface area is 146 Å². The lowest BCUT2D eigenvalue weighted by atomic mass is 10.1. The smallest absolute Gasteiger partial charge is 0.326 e. The number of hydrogen-bond acceptors (Lipinski definition) is 4. The molecule has 0 aromatic heterocycles. The Hall–Kier alpha value is -2.90. The van der Waals surface area contributed by atoms with E-state index in [1.165, 1.54) is 13.8 Å². The van der Waals surface area contributed by atoms with E-state index in [9.17, 15) is 19.2 Å². The standard InChI is InChI=1S/C17H23N3O5/c1-11-6-4-5-7-14(11)16(23)19-10-15(22)20(12(2)17(24)25)9-8-18-13(3)21/h4-7,12H,8-10H2,1-3H3,(H,18,21)(H,19,23)(H,24,25). The summed E-state index contributed by atoms with van der Waals surface area (Å²) >= 11 is 0. The molecule has 0 spiro atoms. The van der Waals surface area contributed by atoms with Crippen LogP contribution in [0, 0.1) is 6.92 Å². The first-order chi connectivity index (χ1) is 11.7. The van der Waals surface area contributed by atoms with Crippen LogP contribution in [0.4, 0.5) is 0 Å². The summed E-state index contributed by atoms with van der Waals surface area (Å²) in [5.41, 5.74) is 1.22. The van der Waals surface area contributed by atoms with Gasteiger partial charge in [-0.1, -0.05) is 18.2 Å². The molecule has 0 heterocycles. The molecule has 0 fully saturated rings. The largest absolute Gasteiger partial charge is 0.480 e. The Kier molecular flexibility index (Phi) is 7.58. The van der Waals surface area contributed by atoms with Crippen molar-refractivity contribution in [1.82, 2.24) is 15.5 Å². The van der Waals surface area contributed by atoms with Crippen molar-refractivity contribution in [2.75, 3.05) is 19.6 Å². The molecule has 1 unspecified atom stereocenters. The lowest BCUT2D eigenvalue weighted by Crippen LogP contribution is -2.50. The van der Waals surface area contributed by atoms with Crippen LogP contribution in [0.3, 0.4) is 0 Å². The molecule has 0 saturated heterocycles. The molecule has 0 aliphatic carbocycles. The fourth-order valence-corrected chi connectivity index (χ4v) is 2.20. The number of nitrogens with one attached hydrogen (secondary N) is 2. The maximum absolute atomic E-state index is 12.3. The highest BCUT2D eigenvalue weighted by Gasteiger charge is 2.25. The molecular formula is C17H23N3O5. The average Bonchev–Trinajstić information content (AvgIpc) is 2.55. The summed E-state index contributed by atoms with van der Waals surface area (Å²) in [6.07, 6.45) is 0. The number of nitrogens with zero attached hydrogens (tertiary/aromatic N) is 1. The monoisotopic (exact) mass is 349 g/mol. The lowest BCUT2D eigenvalue weighted by Gasteiger charge is -2.26. The Bertz CT molecular complexity index is 659. The van der Waals surface area contributed by atoms with Crippen molar-refractivity contribution in [3.63, 3.8) is 0 Å². The van der Waals surface area contributed by atoms with E-state index in [2.05, 4.69) is 10.6 Å². The van der Waals surface area contributed by atoms with Crippen LogP contribution < -0.4 is 10.6 Å². The molecule has 3 amide bonds. The van der Waals surface area contributed by atoms with E-state index in [1.807, 2.05) is 0 Å². The molecule has 1 aromatic rings. The van der Waals surface area contributed by atoms with E-state index in [0.717, 1.165) is 10.5 Å². The van der Waals surface area contributed by atoms with Gasteiger partial charge in [0.25, 0.3) is 5.91 Å². The molecule has 0 radical (unpaired) electrons. The highest BCUT2D eigenvalue weighted by Crippen LogP contribution is 2.06. The zero-order valence-electron chi connectivity index (χ0n) is 14.5. The molecule has 0 bridgehead atoms. The maximum Gasteiger partial charge on any atom is 0.326 e. The predicted octanol–water partition coefficient (Wildman–Crippen LogP) is 0.163. The first-order valence-corrected chi connectivity index (χ1v) is 7.84. The van der Waals surface area contributed by atoms with Crippen molar-refractivity contribution in [2.45, 2.75) is 26.8 Å². The van der Waals surface area contributed by atoms with Crippen LogP contribution in [-0.4, -0.2) is 59.4 Å². The second-order valence-electron chi connectivity index (χ2n) is 5.58. The van der Waals surface area contributed by atoms with Gasteiger partial charge in [-0.2, -0.15) is 0 Å². The summed E-state index contributed by atoms with van der Waals surface area (Å²) in [5.74, 6) is -2.39. The highest BCUT2D eigenvalue weighted by atomic mass is 16.4. The topological polar surface area (TPSA) is 116 Å². The zero-order valence-corrected chi connectivity index (χ0v) is 14.5. The second-order valence-corrected chi connectivity index (χ2v) is 5.58. The molecule has 136 valence electrons. The van der Waals surface area contributed by atoms with Gasteiger partial charge in [0, 0.05) is 25.6 Å². The van der Waals surface area contributed by atoms with Crippen LogP contribution in [0.1, 0.15) is 29.8 Å². The third kappa shape index (κ3) is 6.25. The van der Waals surface area contributed by atoms with Gasteiger partial charge >= 0.3 is 5.97 Å². The minimum absolute atomic E-state index is 0.0338. The number of benzene rings is 1. The molecule has 0 saturated carbocycles. The molecule has 1 aromatic carbocycles. The van der Waals surface area contributed by atoms with Crippen LogP contribution >= 0.6 is 0 Å². The van der Waals surface area contributed by atoms with Crippen molar-refractivity contribution >= 4 is 23.7 Å². The van der Waals surface area contributed by atoms with E-state index < -0.39 is 23.8 Å². The molecule has 1 rings (SSSR count). The minimum atomic E-state index is -1.17. The predicted molar refractivity (Wildman–Crippen MR) is 91.0 cm³/mol. The fraction of sp³-hybridized carbons (Fsp3) is 0.412. The summed E-state index contributed by atoms with van der Waals surface area (Å²) in [7, 11) is 0. The summed E-state index contributed by atoms with van der Waals surface area (Å²) in [6.45, 7) is 4.32. The summed E-state index contributed by atoms with van der Waals surface area (Å²) in [4.78, 5) is 47.7. The van der Waals surface area contributed by atoms with Gasteiger partial charge in [-0.3, -0.25) is 14.4 Å². The fourth-order valence-electron chi connectivity index (χ4n) is 2.20. The van der Waals surface area contributed by atoms with Crippen molar-refractivity contribution in [1.29, 1.82) is 0 Å². The van der Waals surface area contributed by atoms with Gasteiger partial charge in [-0.15, -0.1) is 0 Å². The third-order valence-electron chi connectivity index (χ3n) is 3.66. The van der Waals surface area contributed by atoms with Crippen LogP contribution in [0.2, 0.25) is 0 Å². The van der Waals surface area contributed by atoms with Gasteiger partial charge in [0.2, 0.25) is 11.8 Å². The Morgan fingerprint density at radius 2 is 1.80 bits per heavy atom. The number of carbonyl (C=O) groups is 4. The molecule has 3 N–H and O–H groups in total. The van der Waals surface area contributed by atoms with Crippen LogP contribution in [0.5, 0.6) is 0 Å². The van der Waals surface area contributed by atoms with Gasteiger partial charge in [0.05, 0.1) is 6.54 Å². The number of rotatable bonds is 8. The summed E-state index contributed by atoms with van der Waals surface area (Å²) in [5, 5.41) is 14.1. The van der Waals surface area contributed by atoms with E-state index >= 15 is 0 Å². The van der Waals surface area contributed by atoms with E-state index in [0.29, 0.717) is 5.56 Å². The number of aryl methyl sites for hydroxylation is 1. The average molecular weight is 349 g/mol. The zero-order chi connectivity index (χ0) is 19.0. The molecular weight excluding hydrogens is 326 g/mol. The molecule has 8 nitrogen and oxygen atoms in total. The van der Waals surface area contributed by atoms with Crippen LogP contribution in [-0.2, 0) is 14.4 Å². The van der Waals surface area contributed by atoms with E-state index in [4.69, 9.17) is 5.11 Å². The summed E-state index contributed by atoms with van der Waals surface area (Å²) < 4.78 is 0. The Balaban J connectivity index is 2.70. The molecule has 8 heteroatoms. The Morgan fingerprint density at radius 3 is 2.36 bits per heavy atom. The van der Waals surface area contributed by atoms with Crippen molar-refractivity contribution in [3.8, 4) is 0 Å². The van der Waals surface area contributed by atoms with Crippen LogP contribution in [0.25, 0.3) is 0 Å². The first kappa shape index (κ1) is 20.1. The SMILES string of the molecule is CC(=O)NCCN(C(=O)CNC(=O)c1ccccc1C)C(C)C(=O)O. The van der Waals surface area contributed by atoms with Crippen molar-refractivity contribution < 1.29 is 24.3 Å². The normalized spacial score (nSPS) is 11.3. The van der Waals surface area contributed by atoms with E-state index in [-0.39, 0.29) is 25.5 Å². The number of hydrogen-bond donors (Lipinski definition) is 3. The maximum atomic E-state index is 12.3. The van der Waals surface area contributed by atoms with Gasteiger partial charge in [0.15, 0.2) is 0 Å². The Morgan fingerprint density at radius 1 is 1.16 bits per heavy atom. The molecule has 0 aliphatic rings. The van der Waals surface area contributed by atoms with Gasteiger partial charge < -0.3 is 20.6 Å². The highest BCUT2D eigenvalue weighted by molar-refractivity contribution is 5.98. The minimum Gasteiger partial charge on any atom is -0.480 e. The number of carbonyl (C=O) groups excluding carboxylic acids is 3. The number of aliphatic carboxylic acids is 1. The van der Waals surface area contributed by atoms with Gasteiger partial charge in [0.1, 0.15) is 6.04 Å². The van der Waals surface area contributed by atoms with Crippen LogP contribution in [0.15, 0.2) is 24.3 Å². The first-order valence-electron chi connectivity index (χ1n) is 7.84.